The molecular weight excluding hydrogens is 388 g/mol. The molecule has 1 aliphatic heterocycles. The first kappa shape index (κ1) is 20.6. The third-order valence-electron chi connectivity index (χ3n) is 5.60. The minimum absolute atomic E-state index is 0.000642. The molecular formula is C25H26N4O2. The second-order valence-electron chi connectivity index (χ2n) is 7.70. The number of amides is 2. The average molecular weight is 415 g/mol. The van der Waals surface area contributed by atoms with Crippen LogP contribution in [-0.4, -0.2) is 39.4 Å². The summed E-state index contributed by atoms with van der Waals surface area (Å²) in [4.78, 5) is 30.8. The van der Waals surface area contributed by atoms with Gasteiger partial charge in [-0.3, -0.25) is 9.59 Å². The van der Waals surface area contributed by atoms with E-state index in [1.165, 1.54) is 0 Å². The fraction of sp³-hybridized carbons (Fsp3) is 0.240. The van der Waals surface area contributed by atoms with E-state index >= 15 is 0 Å². The van der Waals surface area contributed by atoms with Gasteiger partial charge >= 0.3 is 0 Å². The van der Waals surface area contributed by atoms with Gasteiger partial charge in [0.2, 0.25) is 11.8 Å². The molecule has 6 nitrogen and oxygen atoms in total. The van der Waals surface area contributed by atoms with Gasteiger partial charge in [-0.15, -0.1) is 0 Å². The Morgan fingerprint density at radius 1 is 1.03 bits per heavy atom. The van der Waals surface area contributed by atoms with Crippen molar-refractivity contribution in [3.05, 3.63) is 90.5 Å². The number of nitrogens with one attached hydrogen (secondary N) is 1. The van der Waals surface area contributed by atoms with Gasteiger partial charge in [0.05, 0.1) is 6.33 Å². The number of likely N-dealkylation sites (tertiary alicyclic amines) is 1. The SMILES string of the molecule is O=C(NCc1ccc(-n2ccnc2)cc1)C1CCN(C(=O)C=Cc2ccccc2)CC1. The van der Waals surface area contributed by atoms with Gasteiger partial charge in [-0.1, -0.05) is 42.5 Å². The standard InChI is InChI=1S/C25H26N4O2/c30-24(11-8-20-4-2-1-3-5-20)28-15-12-22(13-16-28)25(31)27-18-21-6-9-23(10-7-21)29-17-14-26-19-29/h1-11,14,17,19,22H,12-13,15-16,18H2,(H,27,31). The first-order chi connectivity index (χ1) is 15.2. The van der Waals surface area contributed by atoms with E-state index in [-0.39, 0.29) is 17.7 Å². The van der Waals surface area contributed by atoms with Crippen molar-refractivity contribution in [1.29, 1.82) is 0 Å². The topological polar surface area (TPSA) is 67.2 Å². The number of nitrogens with zero attached hydrogens (tertiary/aromatic N) is 3. The summed E-state index contributed by atoms with van der Waals surface area (Å²) < 4.78 is 1.94. The van der Waals surface area contributed by atoms with Crippen LogP contribution in [0.5, 0.6) is 0 Å². The Kier molecular flexibility index (Phi) is 6.57. The summed E-state index contributed by atoms with van der Waals surface area (Å²) in [6.45, 7) is 1.72. The van der Waals surface area contributed by atoms with Crippen molar-refractivity contribution in [2.45, 2.75) is 19.4 Å². The molecule has 4 rings (SSSR count). The lowest BCUT2D eigenvalue weighted by atomic mass is 9.95. The minimum atomic E-state index is -0.0487. The zero-order valence-corrected chi connectivity index (χ0v) is 17.4. The van der Waals surface area contributed by atoms with Crippen molar-refractivity contribution in [2.75, 3.05) is 13.1 Å². The lowest BCUT2D eigenvalue weighted by Crippen LogP contribution is -2.42. The molecule has 0 bridgehead atoms. The van der Waals surface area contributed by atoms with Gasteiger partial charge < -0.3 is 14.8 Å². The molecule has 2 amide bonds. The summed E-state index contributed by atoms with van der Waals surface area (Å²) in [6.07, 6.45) is 10.2. The van der Waals surface area contributed by atoms with Crippen LogP contribution >= 0.6 is 0 Å². The Morgan fingerprint density at radius 2 is 1.77 bits per heavy atom. The Labute approximate surface area is 182 Å². The Hall–Kier alpha value is -3.67. The molecule has 0 aliphatic carbocycles. The monoisotopic (exact) mass is 414 g/mol. The molecule has 1 aliphatic rings. The van der Waals surface area contributed by atoms with Crippen molar-refractivity contribution in [1.82, 2.24) is 19.8 Å². The van der Waals surface area contributed by atoms with E-state index in [1.54, 1.807) is 18.6 Å². The van der Waals surface area contributed by atoms with Crippen LogP contribution in [-0.2, 0) is 16.1 Å². The number of carbonyl (C=O) groups is 2. The van der Waals surface area contributed by atoms with E-state index in [0.29, 0.717) is 32.5 Å². The van der Waals surface area contributed by atoms with Crippen LogP contribution in [0, 0.1) is 5.92 Å². The quantitative estimate of drug-likeness (QED) is 0.629. The molecule has 1 fully saturated rings. The van der Waals surface area contributed by atoms with Crippen molar-refractivity contribution in [3.63, 3.8) is 0 Å². The van der Waals surface area contributed by atoms with Crippen molar-refractivity contribution >= 4 is 17.9 Å². The van der Waals surface area contributed by atoms with Crippen LogP contribution in [0.25, 0.3) is 11.8 Å². The highest BCUT2D eigenvalue weighted by Gasteiger charge is 2.26. The molecule has 1 N–H and O–H groups in total. The molecule has 158 valence electrons. The third-order valence-corrected chi connectivity index (χ3v) is 5.60. The highest BCUT2D eigenvalue weighted by atomic mass is 16.2. The number of hydrogen-bond donors (Lipinski definition) is 1. The van der Waals surface area contributed by atoms with E-state index < -0.39 is 0 Å². The number of hydrogen-bond acceptors (Lipinski definition) is 3. The maximum atomic E-state index is 12.6. The lowest BCUT2D eigenvalue weighted by molar-refractivity contribution is -0.132. The maximum absolute atomic E-state index is 12.6. The first-order valence-electron chi connectivity index (χ1n) is 10.6. The number of piperidine rings is 1. The van der Waals surface area contributed by atoms with Gasteiger partial charge in [0, 0.05) is 49.7 Å². The number of carbonyl (C=O) groups excluding carboxylic acids is 2. The summed E-state index contributed by atoms with van der Waals surface area (Å²) in [6, 6.07) is 17.8. The third kappa shape index (κ3) is 5.48. The Balaban J connectivity index is 1.22. The zero-order valence-electron chi connectivity index (χ0n) is 17.4. The zero-order chi connectivity index (χ0) is 21.5. The Bertz CT molecular complexity index is 1020. The van der Waals surface area contributed by atoms with E-state index in [4.69, 9.17) is 0 Å². The molecule has 1 saturated heterocycles. The van der Waals surface area contributed by atoms with Crippen molar-refractivity contribution in [3.8, 4) is 5.69 Å². The van der Waals surface area contributed by atoms with Gasteiger partial charge in [-0.25, -0.2) is 4.98 Å². The molecule has 6 heteroatoms. The fourth-order valence-corrected chi connectivity index (χ4v) is 3.73. The van der Waals surface area contributed by atoms with Crippen molar-refractivity contribution in [2.24, 2.45) is 5.92 Å². The smallest absolute Gasteiger partial charge is 0.246 e. The van der Waals surface area contributed by atoms with Gasteiger partial charge in [0.25, 0.3) is 0 Å². The molecule has 2 heterocycles. The van der Waals surface area contributed by atoms with E-state index in [1.807, 2.05) is 76.3 Å². The second kappa shape index (κ2) is 9.89. The summed E-state index contributed by atoms with van der Waals surface area (Å²) in [5.74, 6) is 0.0127. The number of benzene rings is 2. The molecule has 1 aromatic heterocycles. The summed E-state index contributed by atoms with van der Waals surface area (Å²) in [5, 5.41) is 3.04. The largest absolute Gasteiger partial charge is 0.352 e. The van der Waals surface area contributed by atoms with Gasteiger partial charge in [-0.2, -0.15) is 0 Å². The van der Waals surface area contributed by atoms with Gasteiger partial charge in [-0.05, 0) is 42.2 Å². The van der Waals surface area contributed by atoms with Gasteiger partial charge in [0.15, 0.2) is 0 Å². The highest BCUT2D eigenvalue weighted by molar-refractivity contribution is 5.92. The van der Waals surface area contributed by atoms with Gasteiger partial charge in [0.1, 0.15) is 0 Å². The molecule has 0 atom stereocenters. The second-order valence-corrected chi connectivity index (χ2v) is 7.70. The molecule has 0 radical (unpaired) electrons. The Morgan fingerprint density at radius 3 is 2.45 bits per heavy atom. The van der Waals surface area contributed by atoms with Crippen LogP contribution in [0.15, 0.2) is 79.4 Å². The van der Waals surface area contributed by atoms with Crippen LogP contribution in [0.3, 0.4) is 0 Å². The lowest BCUT2D eigenvalue weighted by Gasteiger charge is -2.30. The molecule has 3 aromatic rings. The minimum Gasteiger partial charge on any atom is -0.352 e. The predicted molar refractivity (Wildman–Crippen MR) is 120 cm³/mol. The number of rotatable bonds is 6. The average Bonchev–Trinajstić information content (AvgIpc) is 3.37. The molecule has 0 unspecified atom stereocenters. The van der Waals surface area contributed by atoms with Crippen molar-refractivity contribution < 1.29 is 9.59 Å². The molecule has 0 saturated carbocycles. The fourth-order valence-electron chi connectivity index (χ4n) is 3.73. The van der Waals surface area contributed by atoms with E-state index in [2.05, 4.69) is 10.3 Å². The van der Waals surface area contributed by atoms with Crippen LogP contribution in [0.1, 0.15) is 24.0 Å². The predicted octanol–water partition coefficient (Wildman–Crippen LogP) is 3.44. The number of aromatic nitrogens is 2. The van der Waals surface area contributed by atoms with E-state index in [0.717, 1.165) is 16.8 Å². The summed E-state index contributed by atoms with van der Waals surface area (Å²) in [7, 11) is 0. The normalized spacial score (nSPS) is 14.6. The van der Waals surface area contributed by atoms with Crippen LogP contribution in [0.4, 0.5) is 0 Å². The molecule has 31 heavy (non-hydrogen) atoms. The summed E-state index contributed by atoms with van der Waals surface area (Å²) in [5.41, 5.74) is 3.09. The number of imidazole rings is 1. The van der Waals surface area contributed by atoms with Crippen LogP contribution in [0.2, 0.25) is 0 Å². The van der Waals surface area contributed by atoms with Crippen LogP contribution < -0.4 is 5.32 Å². The summed E-state index contributed by atoms with van der Waals surface area (Å²) >= 11 is 0. The molecule has 2 aromatic carbocycles. The maximum Gasteiger partial charge on any atom is 0.246 e. The van der Waals surface area contributed by atoms with E-state index in [9.17, 15) is 9.59 Å². The highest BCUT2D eigenvalue weighted by Crippen LogP contribution is 2.18. The first-order valence-corrected chi connectivity index (χ1v) is 10.6. The molecule has 0 spiro atoms.